The lowest BCUT2D eigenvalue weighted by Crippen LogP contribution is -2.29. The summed E-state index contributed by atoms with van der Waals surface area (Å²) in [6, 6.07) is 6.81. The lowest BCUT2D eigenvalue weighted by molar-refractivity contribution is 0.0974. The average Bonchev–Trinajstić information content (AvgIpc) is 2.54. The number of hydrogen-bond acceptors (Lipinski definition) is 3. The molecule has 1 aliphatic rings. The van der Waals surface area contributed by atoms with Crippen molar-refractivity contribution in [2.24, 2.45) is 0 Å². The Morgan fingerprint density at radius 2 is 1.50 bits per heavy atom. The SMILES string of the molecule is CCCCCCCCNC1=C(Cl)C(=O)c2ccccc2C1=O. The van der Waals surface area contributed by atoms with Crippen molar-refractivity contribution in [2.75, 3.05) is 6.54 Å². The Hall–Kier alpha value is -1.61. The molecule has 0 heterocycles. The Morgan fingerprint density at radius 3 is 2.18 bits per heavy atom. The molecule has 0 atom stereocenters. The van der Waals surface area contributed by atoms with Crippen LogP contribution >= 0.6 is 11.6 Å². The van der Waals surface area contributed by atoms with Gasteiger partial charge in [0, 0.05) is 17.7 Å². The number of hydrogen-bond donors (Lipinski definition) is 1. The lowest BCUT2D eigenvalue weighted by Gasteiger charge is -2.18. The van der Waals surface area contributed by atoms with Crippen molar-refractivity contribution in [3.05, 3.63) is 46.1 Å². The van der Waals surface area contributed by atoms with Gasteiger partial charge in [0.25, 0.3) is 0 Å². The largest absolute Gasteiger partial charge is 0.381 e. The first kappa shape index (κ1) is 16.8. The molecule has 4 heteroatoms. The van der Waals surface area contributed by atoms with Gasteiger partial charge in [-0.1, -0.05) is 74.9 Å². The molecular weight excluding hydrogens is 298 g/mol. The zero-order valence-electron chi connectivity index (χ0n) is 13.0. The molecule has 0 saturated heterocycles. The summed E-state index contributed by atoms with van der Waals surface area (Å²) in [6.07, 6.45) is 7.06. The first-order chi connectivity index (χ1) is 10.7. The number of fused-ring (bicyclic) bond motifs is 1. The highest BCUT2D eigenvalue weighted by molar-refractivity contribution is 6.49. The molecule has 0 fully saturated rings. The molecule has 0 spiro atoms. The van der Waals surface area contributed by atoms with Crippen molar-refractivity contribution < 1.29 is 9.59 Å². The maximum atomic E-state index is 12.4. The average molecular weight is 320 g/mol. The monoisotopic (exact) mass is 319 g/mol. The van der Waals surface area contributed by atoms with E-state index in [0.29, 0.717) is 17.7 Å². The topological polar surface area (TPSA) is 46.2 Å². The first-order valence-corrected chi connectivity index (χ1v) is 8.36. The van der Waals surface area contributed by atoms with Crippen LogP contribution in [0.1, 0.15) is 66.2 Å². The number of carbonyl (C=O) groups is 2. The quantitative estimate of drug-likeness (QED) is 0.719. The van der Waals surface area contributed by atoms with Gasteiger partial charge in [0.2, 0.25) is 11.6 Å². The van der Waals surface area contributed by atoms with Crippen molar-refractivity contribution in [3.8, 4) is 0 Å². The molecule has 0 unspecified atom stereocenters. The Balaban J connectivity index is 1.92. The second-order valence-corrected chi connectivity index (χ2v) is 5.97. The predicted octanol–water partition coefficient (Wildman–Crippen LogP) is 4.47. The van der Waals surface area contributed by atoms with Crippen LogP contribution in [0.15, 0.2) is 35.0 Å². The van der Waals surface area contributed by atoms with E-state index in [-0.39, 0.29) is 22.3 Å². The van der Waals surface area contributed by atoms with E-state index in [1.807, 2.05) is 0 Å². The van der Waals surface area contributed by atoms with Crippen LogP contribution in [0.2, 0.25) is 0 Å². The zero-order valence-corrected chi connectivity index (χ0v) is 13.7. The molecule has 1 aromatic rings. The van der Waals surface area contributed by atoms with E-state index in [1.54, 1.807) is 24.3 Å². The molecule has 118 valence electrons. The van der Waals surface area contributed by atoms with Crippen molar-refractivity contribution in [2.45, 2.75) is 45.4 Å². The van der Waals surface area contributed by atoms with E-state index in [0.717, 1.165) is 12.8 Å². The summed E-state index contributed by atoms with van der Waals surface area (Å²) >= 11 is 6.08. The predicted molar refractivity (Wildman–Crippen MR) is 89.4 cm³/mol. The molecule has 2 rings (SSSR count). The Labute approximate surface area is 136 Å². The number of Topliss-reactive ketones (excluding diaryl/α,β-unsaturated/α-hetero) is 2. The molecule has 0 bridgehead atoms. The van der Waals surface area contributed by atoms with Gasteiger partial charge in [-0.3, -0.25) is 9.59 Å². The van der Waals surface area contributed by atoms with Crippen molar-refractivity contribution in [1.29, 1.82) is 0 Å². The summed E-state index contributed by atoms with van der Waals surface area (Å²) < 4.78 is 0. The third-order valence-electron chi connectivity index (χ3n) is 3.89. The molecule has 3 nitrogen and oxygen atoms in total. The van der Waals surface area contributed by atoms with Crippen LogP contribution in [-0.2, 0) is 0 Å². The van der Waals surface area contributed by atoms with E-state index in [9.17, 15) is 9.59 Å². The Morgan fingerprint density at radius 1 is 0.909 bits per heavy atom. The normalized spacial score (nSPS) is 14.3. The van der Waals surface area contributed by atoms with Crippen LogP contribution in [0.4, 0.5) is 0 Å². The smallest absolute Gasteiger partial charge is 0.211 e. The minimum atomic E-state index is -0.276. The standard InChI is InChI=1S/C18H22ClNO2/c1-2-3-4-5-6-9-12-20-16-15(19)17(21)13-10-7-8-11-14(13)18(16)22/h7-8,10-11,20H,2-6,9,12H2,1H3. The molecule has 1 N–H and O–H groups in total. The van der Waals surface area contributed by atoms with E-state index in [2.05, 4.69) is 12.2 Å². The summed E-state index contributed by atoms with van der Waals surface area (Å²) in [5, 5.41) is 3.07. The number of rotatable bonds is 8. The molecule has 1 aliphatic carbocycles. The van der Waals surface area contributed by atoms with Gasteiger partial charge >= 0.3 is 0 Å². The highest BCUT2D eigenvalue weighted by atomic mass is 35.5. The van der Waals surface area contributed by atoms with Crippen LogP contribution in [0.25, 0.3) is 0 Å². The molecule has 0 saturated carbocycles. The van der Waals surface area contributed by atoms with Gasteiger partial charge < -0.3 is 5.32 Å². The van der Waals surface area contributed by atoms with Crippen molar-refractivity contribution in [3.63, 3.8) is 0 Å². The van der Waals surface area contributed by atoms with Gasteiger partial charge in [-0.25, -0.2) is 0 Å². The Bertz CT molecular complexity index is 593. The van der Waals surface area contributed by atoms with Crippen LogP contribution in [0.3, 0.4) is 0 Å². The third-order valence-corrected chi connectivity index (χ3v) is 4.25. The fraction of sp³-hybridized carbons (Fsp3) is 0.444. The second kappa shape index (κ2) is 8.14. The van der Waals surface area contributed by atoms with Gasteiger partial charge in [-0.15, -0.1) is 0 Å². The summed E-state index contributed by atoms with van der Waals surface area (Å²) in [7, 11) is 0. The minimum Gasteiger partial charge on any atom is -0.381 e. The van der Waals surface area contributed by atoms with Crippen LogP contribution in [0, 0.1) is 0 Å². The van der Waals surface area contributed by atoms with E-state index < -0.39 is 0 Å². The number of allylic oxidation sites excluding steroid dienone is 2. The highest BCUT2D eigenvalue weighted by Gasteiger charge is 2.30. The van der Waals surface area contributed by atoms with Crippen molar-refractivity contribution >= 4 is 23.2 Å². The highest BCUT2D eigenvalue weighted by Crippen LogP contribution is 2.27. The molecule has 0 amide bonds. The number of halogens is 1. The Kier molecular flexibility index (Phi) is 6.20. The molecule has 0 radical (unpaired) electrons. The maximum Gasteiger partial charge on any atom is 0.211 e. The number of ketones is 2. The summed E-state index contributed by atoms with van der Waals surface area (Å²) in [5.41, 5.74) is 1.07. The number of benzene rings is 1. The molecule has 1 aromatic carbocycles. The fourth-order valence-corrected chi connectivity index (χ4v) is 2.88. The number of nitrogens with one attached hydrogen (secondary N) is 1. The van der Waals surface area contributed by atoms with Crippen molar-refractivity contribution in [1.82, 2.24) is 5.32 Å². The van der Waals surface area contributed by atoms with E-state index in [1.165, 1.54) is 25.7 Å². The fourth-order valence-electron chi connectivity index (χ4n) is 2.62. The summed E-state index contributed by atoms with van der Waals surface area (Å²) in [6.45, 7) is 2.86. The molecule has 0 aromatic heterocycles. The van der Waals surface area contributed by atoms with Crippen LogP contribution < -0.4 is 5.32 Å². The van der Waals surface area contributed by atoms with Gasteiger partial charge in [0.15, 0.2) is 0 Å². The molecule has 22 heavy (non-hydrogen) atoms. The second-order valence-electron chi connectivity index (χ2n) is 5.59. The summed E-state index contributed by atoms with van der Waals surface area (Å²) in [4.78, 5) is 24.6. The molecular formula is C18H22ClNO2. The number of carbonyl (C=O) groups excluding carboxylic acids is 2. The van der Waals surface area contributed by atoms with Crippen LogP contribution in [-0.4, -0.2) is 18.1 Å². The van der Waals surface area contributed by atoms with E-state index in [4.69, 9.17) is 11.6 Å². The molecule has 0 aliphatic heterocycles. The van der Waals surface area contributed by atoms with E-state index >= 15 is 0 Å². The zero-order chi connectivity index (χ0) is 15.9. The summed E-state index contributed by atoms with van der Waals surface area (Å²) in [5.74, 6) is -0.464. The van der Waals surface area contributed by atoms with Crippen LogP contribution in [0.5, 0.6) is 0 Å². The maximum absolute atomic E-state index is 12.4. The van der Waals surface area contributed by atoms with Gasteiger partial charge in [0.05, 0.1) is 0 Å². The number of unbranched alkanes of at least 4 members (excludes halogenated alkanes) is 5. The van der Waals surface area contributed by atoms with Gasteiger partial charge in [0.1, 0.15) is 10.7 Å². The third kappa shape index (κ3) is 3.77. The van der Waals surface area contributed by atoms with Gasteiger partial charge in [-0.2, -0.15) is 0 Å². The van der Waals surface area contributed by atoms with Gasteiger partial charge in [-0.05, 0) is 6.42 Å². The lowest BCUT2D eigenvalue weighted by atomic mass is 9.92. The first-order valence-electron chi connectivity index (χ1n) is 7.99. The minimum absolute atomic E-state index is 0.00897.